The number of hydrogen-bond donors (Lipinski definition) is 1. The molecule has 10 heteroatoms. The zero-order valence-corrected chi connectivity index (χ0v) is 23.9. The van der Waals surface area contributed by atoms with Crippen LogP contribution in [0.1, 0.15) is 27.5 Å². The fourth-order valence-electron chi connectivity index (χ4n) is 4.94. The van der Waals surface area contributed by atoms with Gasteiger partial charge >= 0.3 is 4.87 Å². The summed E-state index contributed by atoms with van der Waals surface area (Å²) in [5.41, 5.74) is 3.33. The van der Waals surface area contributed by atoms with Crippen molar-refractivity contribution >= 4 is 68.1 Å². The van der Waals surface area contributed by atoms with E-state index in [2.05, 4.69) is 20.9 Å². The SMILES string of the molecule is Cc1ccc(COc2ccc(Cl)cc2[C@H]2c3sc(=O)[nH]c3SC3C(=O)N(c4ccc(Br)cc4)C(=O)C32)cc1. The second-order valence-electron chi connectivity index (χ2n) is 9.19. The monoisotopic (exact) mass is 626 g/mol. The molecule has 2 aliphatic heterocycles. The summed E-state index contributed by atoms with van der Waals surface area (Å²) in [4.78, 5) is 44.6. The molecule has 1 N–H and O–H groups in total. The first-order valence-electron chi connectivity index (χ1n) is 11.8. The second-order valence-corrected chi connectivity index (χ2v) is 12.7. The fraction of sp³-hybridized carbons (Fsp3) is 0.179. The van der Waals surface area contributed by atoms with E-state index >= 15 is 0 Å². The third-order valence-electron chi connectivity index (χ3n) is 6.73. The number of H-pyrrole nitrogens is 1. The molecule has 4 aromatic rings. The van der Waals surface area contributed by atoms with Gasteiger partial charge in [-0.1, -0.05) is 80.5 Å². The number of hydrogen-bond acceptors (Lipinski definition) is 6. The molecule has 2 aliphatic rings. The number of rotatable bonds is 5. The minimum atomic E-state index is -0.727. The smallest absolute Gasteiger partial charge is 0.305 e. The number of imide groups is 1. The zero-order chi connectivity index (χ0) is 26.6. The number of ether oxygens (including phenoxy) is 1. The maximum absolute atomic E-state index is 14.0. The Labute approximate surface area is 240 Å². The van der Waals surface area contributed by atoms with Crippen LogP contribution in [0.4, 0.5) is 5.69 Å². The first-order chi connectivity index (χ1) is 18.3. The summed E-state index contributed by atoms with van der Waals surface area (Å²) >= 11 is 12.2. The van der Waals surface area contributed by atoms with Crippen LogP contribution in [-0.2, 0) is 16.2 Å². The third-order valence-corrected chi connectivity index (χ3v) is 9.90. The molecule has 3 aromatic carbocycles. The minimum Gasteiger partial charge on any atom is -0.489 e. The number of fused-ring (bicyclic) bond motifs is 2. The number of thiazole rings is 1. The highest BCUT2D eigenvalue weighted by molar-refractivity contribution is 9.10. The van der Waals surface area contributed by atoms with Crippen LogP contribution in [-0.4, -0.2) is 22.0 Å². The Morgan fingerprint density at radius 2 is 1.74 bits per heavy atom. The van der Waals surface area contributed by atoms with Gasteiger partial charge in [0, 0.05) is 25.9 Å². The number of carbonyl (C=O) groups excluding carboxylic acids is 2. The van der Waals surface area contributed by atoms with E-state index in [1.54, 1.807) is 42.5 Å². The molecule has 0 radical (unpaired) electrons. The van der Waals surface area contributed by atoms with Crippen molar-refractivity contribution in [1.82, 2.24) is 4.98 Å². The Kier molecular flexibility index (Phi) is 6.72. The van der Waals surface area contributed by atoms with Gasteiger partial charge in [0.25, 0.3) is 0 Å². The van der Waals surface area contributed by atoms with Crippen LogP contribution >= 0.6 is 50.6 Å². The van der Waals surface area contributed by atoms with E-state index in [1.165, 1.54) is 16.7 Å². The molecular weight excluding hydrogens is 608 g/mol. The number of benzene rings is 3. The molecule has 3 atom stereocenters. The molecule has 1 saturated heterocycles. The van der Waals surface area contributed by atoms with Crippen molar-refractivity contribution in [3.8, 4) is 5.75 Å². The highest BCUT2D eigenvalue weighted by Gasteiger charge is 2.56. The van der Waals surface area contributed by atoms with Gasteiger partial charge in [-0.15, -0.1) is 0 Å². The Hall–Kier alpha value is -2.85. The van der Waals surface area contributed by atoms with Crippen LogP contribution in [0.5, 0.6) is 5.75 Å². The average molecular weight is 628 g/mol. The summed E-state index contributed by atoms with van der Waals surface area (Å²) in [6.45, 7) is 2.34. The summed E-state index contributed by atoms with van der Waals surface area (Å²) in [6.07, 6.45) is 0. The summed E-state index contributed by atoms with van der Waals surface area (Å²) in [7, 11) is 0. The summed E-state index contributed by atoms with van der Waals surface area (Å²) < 4.78 is 7.11. The third kappa shape index (κ3) is 4.51. The molecule has 2 unspecified atom stereocenters. The number of halogens is 2. The largest absolute Gasteiger partial charge is 0.489 e. The van der Waals surface area contributed by atoms with Crippen molar-refractivity contribution in [2.45, 2.75) is 29.7 Å². The number of aryl methyl sites for hydroxylation is 1. The number of carbonyl (C=O) groups is 2. The summed E-state index contributed by atoms with van der Waals surface area (Å²) in [6, 6.07) is 20.4. The highest BCUT2D eigenvalue weighted by atomic mass is 79.9. The number of anilines is 1. The van der Waals surface area contributed by atoms with Gasteiger partial charge in [0.15, 0.2) is 0 Å². The van der Waals surface area contributed by atoms with Gasteiger partial charge in [-0.3, -0.25) is 14.4 Å². The molecule has 0 bridgehead atoms. The molecule has 2 amide bonds. The number of amides is 2. The van der Waals surface area contributed by atoms with E-state index in [0.717, 1.165) is 26.9 Å². The Morgan fingerprint density at radius 1 is 1.00 bits per heavy atom. The number of nitrogens with one attached hydrogen (secondary N) is 1. The maximum atomic E-state index is 14.0. The van der Waals surface area contributed by atoms with Crippen LogP contribution < -0.4 is 14.5 Å². The van der Waals surface area contributed by atoms with E-state index in [0.29, 0.717) is 38.5 Å². The van der Waals surface area contributed by atoms with E-state index in [9.17, 15) is 14.4 Å². The number of aromatic nitrogens is 1. The predicted molar refractivity (Wildman–Crippen MR) is 154 cm³/mol. The second kappa shape index (κ2) is 10.0. The lowest BCUT2D eigenvalue weighted by Crippen LogP contribution is -2.32. The van der Waals surface area contributed by atoms with E-state index < -0.39 is 17.1 Å². The molecule has 0 spiro atoms. The van der Waals surface area contributed by atoms with Crippen molar-refractivity contribution < 1.29 is 14.3 Å². The molecule has 0 aliphatic carbocycles. The summed E-state index contributed by atoms with van der Waals surface area (Å²) in [5.74, 6) is -1.37. The molecule has 1 aromatic heterocycles. The standard InChI is InChI=1S/C28H20BrClN2O4S2/c1-14-2-4-15(5-3-14)13-36-20-11-8-17(30)12-19(20)21-22-24(37-25-23(21)38-28(35)31-25)27(34)32(26(22)33)18-9-6-16(29)7-10-18/h2-12,21-22,24H,13H2,1H3,(H,31,35)/t21-,22?,24?/m1/s1. The molecule has 0 saturated carbocycles. The van der Waals surface area contributed by atoms with Gasteiger partial charge in [-0.25, -0.2) is 4.90 Å². The van der Waals surface area contributed by atoms with Gasteiger partial charge < -0.3 is 9.72 Å². The highest BCUT2D eigenvalue weighted by Crippen LogP contribution is 2.54. The molecule has 3 heterocycles. The first-order valence-corrected chi connectivity index (χ1v) is 14.7. The molecule has 1 fully saturated rings. The molecular formula is C28H20BrClN2O4S2. The maximum Gasteiger partial charge on any atom is 0.305 e. The average Bonchev–Trinajstić information content (AvgIpc) is 3.39. The van der Waals surface area contributed by atoms with Crippen LogP contribution in [0.25, 0.3) is 0 Å². The summed E-state index contributed by atoms with van der Waals surface area (Å²) in [5, 5.41) is 0.385. The minimum absolute atomic E-state index is 0.235. The molecule has 6 nitrogen and oxygen atoms in total. The Morgan fingerprint density at radius 3 is 2.47 bits per heavy atom. The van der Waals surface area contributed by atoms with Crippen molar-refractivity contribution in [3.63, 3.8) is 0 Å². The van der Waals surface area contributed by atoms with Crippen LogP contribution in [0.3, 0.4) is 0 Å². The van der Waals surface area contributed by atoms with Crippen LogP contribution in [0.2, 0.25) is 5.02 Å². The zero-order valence-electron chi connectivity index (χ0n) is 19.9. The van der Waals surface area contributed by atoms with Crippen LogP contribution in [0, 0.1) is 12.8 Å². The molecule has 38 heavy (non-hydrogen) atoms. The lowest BCUT2D eigenvalue weighted by molar-refractivity contribution is -0.122. The van der Waals surface area contributed by atoms with Crippen molar-refractivity contribution in [3.05, 3.63) is 107 Å². The lowest BCUT2D eigenvalue weighted by atomic mass is 9.82. The Bertz CT molecular complexity index is 1620. The number of thioether (sulfide) groups is 1. The van der Waals surface area contributed by atoms with Crippen LogP contribution in [0.15, 0.2) is 81.0 Å². The van der Waals surface area contributed by atoms with Gasteiger partial charge in [0.2, 0.25) is 11.8 Å². The normalized spacial score (nSPS) is 20.4. The quantitative estimate of drug-likeness (QED) is 0.255. The van der Waals surface area contributed by atoms with Crippen molar-refractivity contribution in [2.75, 3.05) is 4.90 Å². The molecule has 6 rings (SSSR count). The predicted octanol–water partition coefficient (Wildman–Crippen LogP) is 6.54. The Balaban J connectivity index is 1.44. The number of nitrogens with zero attached hydrogens (tertiary/aromatic N) is 1. The van der Waals surface area contributed by atoms with Gasteiger partial charge in [-0.05, 0) is 55.0 Å². The number of aromatic amines is 1. The van der Waals surface area contributed by atoms with Gasteiger partial charge in [0.05, 0.1) is 16.6 Å². The lowest BCUT2D eigenvalue weighted by Gasteiger charge is -2.31. The van der Waals surface area contributed by atoms with Crippen molar-refractivity contribution in [2.24, 2.45) is 5.92 Å². The van der Waals surface area contributed by atoms with E-state index in [1.807, 2.05) is 31.2 Å². The van der Waals surface area contributed by atoms with E-state index in [-0.39, 0.29) is 16.7 Å². The van der Waals surface area contributed by atoms with Crippen molar-refractivity contribution in [1.29, 1.82) is 0 Å². The van der Waals surface area contributed by atoms with Gasteiger partial charge in [0.1, 0.15) is 17.6 Å². The van der Waals surface area contributed by atoms with Gasteiger partial charge in [-0.2, -0.15) is 0 Å². The first kappa shape index (κ1) is 25.4. The molecule has 192 valence electrons. The topological polar surface area (TPSA) is 79.5 Å². The van der Waals surface area contributed by atoms with E-state index in [4.69, 9.17) is 16.3 Å². The fourth-order valence-corrected chi connectivity index (χ4v) is 7.89.